The van der Waals surface area contributed by atoms with Crippen molar-refractivity contribution in [3.05, 3.63) is 35.9 Å². The van der Waals surface area contributed by atoms with Gasteiger partial charge < -0.3 is 9.84 Å². The lowest BCUT2D eigenvalue weighted by molar-refractivity contribution is -0.138. The Morgan fingerprint density at radius 2 is 1.95 bits per heavy atom. The second kappa shape index (κ2) is 5.08. The molecule has 2 atom stereocenters. The number of methoxy groups -OCH3 is 1. The molecule has 2 rings (SSSR count). The third kappa shape index (κ3) is 2.25. The highest BCUT2D eigenvalue weighted by Gasteiger charge is 2.74. The minimum absolute atomic E-state index is 0.217. The quantitative estimate of drug-likeness (QED) is 0.822. The summed E-state index contributed by atoms with van der Waals surface area (Å²) < 4.78 is 5.94. The topological polar surface area (TPSA) is 46.5 Å². The first-order valence-corrected chi connectivity index (χ1v) is 7.36. The normalized spacial score (nSPS) is 28.1. The highest BCUT2D eigenvalue weighted by molar-refractivity contribution is 9.15. The van der Waals surface area contributed by atoms with E-state index in [0.29, 0.717) is 0 Å². The Bertz CT molecular complexity index is 565. The molecule has 3 nitrogen and oxygen atoms in total. The minimum atomic E-state index is -1.22. The van der Waals surface area contributed by atoms with Gasteiger partial charge in [-0.2, -0.15) is 0 Å². The first-order valence-electron chi connectivity index (χ1n) is 6.19. The van der Waals surface area contributed by atoms with E-state index in [4.69, 9.17) is 16.3 Å². The van der Waals surface area contributed by atoms with E-state index in [1.54, 1.807) is 7.11 Å². The summed E-state index contributed by atoms with van der Waals surface area (Å²) in [5.74, 6) is -0.413. The van der Waals surface area contributed by atoms with Gasteiger partial charge in [-0.15, -0.1) is 11.6 Å². The number of allylic oxidation sites excluding steroid dienone is 1. The van der Waals surface area contributed by atoms with E-state index in [0.717, 1.165) is 15.8 Å². The number of benzene rings is 1. The maximum absolute atomic E-state index is 11.3. The number of alkyl halides is 1. The lowest BCUT2D eigenvalue weighted by Crippen LogP contribution is -2.21. The van der Waals surface area contributed by atoms with Gasteiger partial charge in [-0.3, -0.25) is 4.79 Å². The Morgan fingerprint density at radius 1 is 1.40 bits per heavy atom. The standard InChI is InChI=1S/C15H16BrClO3/c1-14(2)12(15(14,17)13(18)19)8-11(16)9-4-6-10(20-3)7-5-9/h4-8,12H,1-3H3,(H,18,19). The van der Waals surface area contributed by atoms with Crippen LogP contribution in [-0.4, -0.2) is 23.1 Å². The number of halogens is 2. The van der Waals surface area contributed by atoms with Gasteiger partial charge in [0.1, 0.15) is 5.75 Å². The van der Waals surface area contributed by atoms with Crippen molar-refractivity contribution in [1.82, 2.24) is 0 Å². The third-order valence-electron chi connectivity index (χ3n) is 4.05. The number of ether oxygens (including phenoxy) is 1. The van der Waals surface area contributed by atoms with Gasteiger partial charge in [0.25, 0.3) is 0 Å². The smallest absolute Gasteiger partial charge is 0.325 e. The number of carboxylic acid groups (broad SMARTS) is 1. The van der Waals surface area contributed by atoms with E-state index in [2.05, 4.69) is 15.9 Å². The van der Waals surface area contributed by atoms with Crippen molar-refractivity contribution < 1.29 is 14.6 Å². The summed E-state index contributed by atoms with van der Waals surface area (Å²) in [5.41, 5.74) is 0.490. The molecule has 1 aliphatic rings. The van der Waals surface area contributed by atoms with Crippen molar-refractivity contribution in [3.8, 4) is 5.75 Å². The fourth-order valence-corrected chi connectivity index (χ4v) is 3.40. The second-order valence-corrected chi connectivity index (χ2v) is 6.91. The zero-order valence-electron chi connectivity index (χ0n) is 11.5. The van der Waals surface area contributed by atoms with Gasteiger partial charge in [0.2, 0.25) is 0 Å². The Kier molecular flexibility index (Phi) is 3.91. The molecular formula is C15H16BrClO3. The number of carbonyl (C=O) groups is 1. The molecule has 0 amide bonds. The van der Waals surface area contributed by atoms with Crippen LogP contribution in [0.5, 0.6) is 5.75 Å². The molecule has 0 bridgehead atoms. The van der Waals surface area contributed by atoms with Crippen LogP contribution >= 0.6 is 27.5 Å². The molecule has 1 aromatic carbocycles. The largest absolute Gasteiger partial charge is 0.497 e. The SMILES string of the molecule is COc1ccc(C(Br)=CC2C(C)(C)C2(Cl)C(=O)O)cc1. The van der Waals surface area contributed by atoms with Gasteiger partial charge in [-0.1, -0.05) is 48.0 Å². The molecule has 5 heteroatoms. The second-order valence-electron chi connectivity index (χ2n) is 5.46. The van der Waals surface area contributed by atoms with Crippen molar-refractivity contribution in [3.63, 3.8) is 0 Å². The van der Waals surface area contributed by atoms with Crippen LogP contribution in [0.4, 0.5) is 0 Å². The molecule has 0 spiro atoms. The monoisotopic (exact) mass is 358 g/mol. The summed E-state index contributed by atoms with van der Waals surface area (Å²) >= 11 is 9.73. The van der Waals surface area contributed by atoms with Crippen LogP contribution in [0.25, 0.3) is 4.48 Å². The Morgan fingerprint density at radius 3 is 2.35 bits per heavy atom. The zero-order valence-corrected chi connectivity index (χ0v) is 13.8. The summed E-state index contributed by atoms with van der Waals surface area (Å²) in [4.78, 5) is 10.1. The maximum atomic E-state index is 11.3. The van der Waals surface area contributed by atoms with Crippen molar-refractivity contribution >= 4 is 38.0 Å². The predicted molar refractivity (Wildman–Crippen MR) is 83.4 cm³/mol. The molecule has 0 aromatic heterocycles. The lowest BCUT2D eigenvalue weighted by Gasteiger charge is -2.04. The summed E-state index contributed by atoms with van der Waals surface area (Å²) in [6, 6.07) is 7.53. The summed E-state index contributed by atoms with van der Waals surface area (Å²) in [6.45, 7) is 3.73. The fraction of sp³-hybridized carbons (Fsp3) is 0.400. The molecule has 1 aliphatic carbocycles. The zero-order chi connectivity index (χ0) is 15.1. The van der Waals surface area contributed by atoms with Crippen LogP contribution in [0.15, 0.2) is 30.3 Å². The predicted octanol–water partition coefficient (Wildman–Crippen LogP) is 4.15. The van der Waals surface area contributed by atoms with Gasteiger partial charge >= 0.3 is 5.97 Å². The molecule has 0 heterocycles. The average Bonchev–Trinajstić information content (AvgIpc) is 2.85. The molecule has 2 unspecified atom stereocenters. The maximum Gasteiger partial charge on any atom is 0.325 e. The van der Waals surface area contributed by atoms with Crippen LogP contribution in [0.3, 0.4) is 0 Å². The van der Waals surface area contributed by atoms with Gasteiger partial charge in [-0.05, 0) is 17.7 Å². The Hall–Kier alpha value is -1.00. The Balaban J connectivity index is 2.25. The van der Waals surface area contributed by atoms with E-state index >= 15 is 0 Å². The van der Waals surface area contributed by atoms with E-state index < -0.39 is 16.3 Å². The van der Waals surface area contributed by atoms with Gasteiger partial charge in [-0.25, -0.2) is 0 Å². The lowest BCUT2D eigenvalue weighted by atomic mass is 10.1. The molecule has 108 valence electrons. The van der Waals surface area contributed by atoms with Crippen LogP contribution in [0.2, 0.25) is 0 Å². The van der Waals surface area contributed by atoms with Crippen molar-refractivity contribution in [1.29, 1.82) is 0 Å². The first kappa shape index (κ1) is 15.4. The number of hydrogen-bond acceptors (Lipinski definition) is 2. The first-order chi connectivity index (χ1) is 9.25. The molecule has 0 radical (unpaired) electrons. The van der Waals surface area contributed by atoms with E-state index in [9.17, 15) is 9.90 Å². The molecule has 1 N–H and O–H groups in total. The molecule has 0 aliphatic heterocycles. The summed E-state index contributed by atoms with van der Waals surface area (Å²) in [7, 11) is 1.61. The van der Waals surface area contributed by atoms with Crippen molar-refractivity contribution in [2.24, 2.45) is 11.3 Å². The van der Waals surface area contributed by atoms with Crippen LogP contribution in [-0.2, 0) is 4.79 Å². The number of rotatable bonds is 4. The van der Waals surface area contributed by atoms with Gasteiger partial charge in [0.05, 0.1) is 7.11 Å². The van der Waals surface area contributed by atoms with E-state index in [-0.39, 0.29) is 5.92 Å². The molecule has 20 heavy (non-hydrogen) atoms. The Labute approximate surface area is 131 Å². The number of carboxylic acids is 1. The molecule has 1 fully saturated rings. The highest BCUT2D eigenvalue weighted by atomic mass is 79.9. The average molecular weight is 360 g/mol. The van der Waals surface area contributed by atoms with Gasteiger partial charge in [0, 0.05) is 15.8 Å². The fourth-order valence-electron chi connectivity index (χ4n) is 2.47. The van der Waals surface area contributed by atoms with Crippen LogP contribution in [0, 0.1) is 11.3 Å². The molecule has 1 aromatic rings. The highest BCUT2D eigenvalue weighted by Crippen LogP contribution is 2.67. The minimum Gasteiger partial charge on any atom is -0.497 e. The number of hydrogen-bond donors (Lipinski definition) is 1. The van der Waals surface area contributed by atoms with Crippen LogP contribution < -0.4 is 4.74 Å². The van der Waals surface area contributed by atoms with Gasteiger partial charge in [0.15, 0.2) is 4.87 Å². The van der Waals surface area contributed by atoms with E-state index in [1.165, 1.54) is 0 Å². The summed E-state index contributed by atoms with van der Waals surface area (Å²) in [5, 5.41) is 9.28. The van der Waals surface area contributed by atoms with Crippen molar-refractivity contribution in [2.45, 2.75) is 18.7 Å². The molecule has 1 saturated carbocycles. The molecular weight excluding hydrogens is 344 g/mol. The molecule has 0 saturated heterocycles. The number of aliphatic carboxylic acids is 1. The van der Waals surface area contributed by atoms with Crippen LogP contribution in [0.1, 0.15) is 19.4 Å². The van der Waals surface area contributed by atoms with Crippen molar-refractivity contribution in [2.75, 3.05) is 7.11 Å². The summed E-state index contributed by atoms with van der Waals surface area (Å²) in [6.07, 6.45) is 1.88. The van der Waals surface area contributed by atoms with E-state index in [1.807, 2.05) is 44.2 Å². The third-order valence-corrected chi connectivity index (χ3v) is 5.66.